The molecule has 0 amide bonds. The fraction of sp³-hybridized carbons (Fsp3) is 0.0625. The predicted molar refractivity (Wildman–Crippen MR) is 90.4 cm³/mol. The van der Waals surface area contributed by atoms with Crippen molar-refractivity contribution < 1.29 is 0 Å². The predicted octanol–water partition coefficient (Wildman–Crippen LogP) is 4.09. The summed E-state index contributed by atoms with van der Waals surface area (Å²) in [5, 5.41) is 12.8. The number of benzene rings is 2. The Kier molecular flexibility index (Phi) is 3.04. The van der Waals surface area contributed by atoms with Crippen LogP contribution in [0.25, 0.3) is 16.6 Å². The molecule has 0 spiro atoms. The van der Waals surface area contributed by atoms with Crippen molar-refractivity contribution >= 4 is 44.1 Å². The molecule has 2 heterocycles. The zero-order valence-corrected chi connectivity index (χ0v) is 13.4. The van der Waals surface area contributed by atoms with Crippen LogP contribution in [0, 0.1) is 6.92 Å². The normalized spacial score (nSPS) is 11.2. The first-order valence-electron chi connectivity index (χ1n) is 6.86. The van der Waals surface area contributed by atoms with Crippen LogP contribution in [-0.4, -0.2) is 19.6 Å². The Hall–Kier alpha value is -2.47. The highest BCUT2D eigenvalue weighted by molar-refractivity contribution is 9.10. The van der Waals surface area contributed by atoms with Gasteiger partial charge in [-0.3, -0.25) is 0 Å². The molecule has 0 aliphatic heterocycles. The van der Waals surface area contributed by atoms with Gasteiger partial charge in [-0.05, 0) is 47.1 Å². The topological polar surface area (TPSA) is 55.1 Å². The molecular weight excluding hydrogens is 342 g/mol. The van der Waals surface area contributed by atoms with E-state index in [1.54, 1.807) is 0 Å². The highest BCUT2D eigenvalue weighted by Gasteiger charge is 2.13. The summed E-state index contributed by atoms with van der Waals surface area (Å²) in [6.07, 6.45) is 0. The van der Waals surface area contributed by atoms with Gasteiger partial charge in [0.2, 0.25) is 5.95 Å². The quantitative estimate of drug-likeness (QED) is 0.589. The molecule has 0 radical (unpaired) electrons. The van der Waals surface area contributed by atoms with E-state index in [2.05, 4.69) is 31.4 Å². The molecule has 0 fully saturated rings. The van der Waals surface area contributed by atoms with Crippen molar-refractivity contribution in [1.29, 1.82) is 0 Å². The summed E-state index contributed by atoms with van der Waals surface area (Å²) in [5.74, 6) is 1.49. The number of aryl methyl sites for hydroxylation is 1. The zero-order valence-electron chi connectivity index (χ0n) is 11.8. The molecule has 5 nitrogen and oxygen atoms in total. The fourth-order valence-corrected chi connectivity index (χ4v) is 2.87. The number of aromatic nitrogens is 4. The van der Waals surface area contributed by atoms with E-state index in [0.29, 0.717) is 5.95 Å². The third-order valence-electron chi connectivity index (χ3n) is 3.53. The van der Waals surface area contributed by atoms with Crippen molar-refractivity contribution in [3.05, 3.63) is 58.8 Å². The molecule has 22 heavy (non-hydrogen) atoms. The molecular formula is C16H12BrN5. The van der Waals surface area contributed by atoms with Crippen molar-refractivity contribution in [2.75, 3.05) is 5.32 Å². The zero-order chi connectivity index (χ0) is 15.1. The lowest BCUT2D eigenvalue weighted by Crippen LogP contribution is -2.04. The molecule has 0 saturated heterocycles. The summed E-state index contributed by atoms with van der Waals surface area (Å²) in [6, 6.07) is 15.9. The van der Waals surface area contributed by atoms with Crippen molar-refractivity contribution in [3.63, 3.8) is 0 Å². The first kappa shape index (κ1) is 13.2. The van der Waals surface area contributed by atoms with Crippen LogP contribution >= 0.6 is 15.9 Å². The van der Waals surface area contributed by atoms with Crippen LogP contribution in [0.2, 0.25) is 0 Å². The number of para-hydroxylation sites is 2. The van der Waals surface area contributed by atoms with Crippen LogP contribution in [-0.2, 0) is 0 Å². The molecule has 1 N–H and O–H groups in total. The van der Waals surface area contributed by atoms with E-state index in [0.717, 1.165) is 32.5 Å². The molecule has 0 saturated carbocycles. The lowest BCUT2D eigenvalue weighted by Gasteiger charge is -2.11. The van der Waals surface area contributed by atoms with Crippen molar-refractivity contribution in [2.24, 2.45) is 0 Å². The number of hydrogen-bond donors (Lipinski definition) is 1. The Morgan fingerprint density at radius 2 is 1.77 bits per heavy atom. The van der Waals surface area contributed by atoms with Gasteiger partial charge in [0.25, 0.3) is 0 Å². The average Bonchev–Trinajstić information content (AvgIpc) is 2.92. The number of nitrogens with zero attached hydrogens (tertiary/aromatic N) is 4. The Balaban J connectivity index is 1.99. The third-order valence-corrected chi connectivity index (χ3v) is 4.22. The molecule has 6 heteroatoms. The number of halogens is 1. The third kappa shape index (κ3) is 2.03. The van der Waals surface area contributed by atoms with E-state index in [1.807, 2.05) is 59.9 Å². The van der Waals surface area contributed by atoms with Crippen molar-refractivity contribution in [2.45, 2.75) is 6.92 Å². The highest BCUT2D eigenvalue weighted by Crippen LogP contribution is 2.27. The second-order valence-electron chi connectivity index (χ2n) is 4.96. The van der Waals surface area contributed by atoms with E-state index < -0.39 is 0 Å². The Bertz CT molecular complexity index is 992. The van der Waals surface area contributed by atoms with Gasteiger partial charge in [0.05, 0.1) is 11.2 Å². The van der Waals surface area contributed by atoms with E-state index in [-0.39, 0.29) is 0 Å². The number of nitrogens with one attached hydrogen (secondary N) is 1. The minimum atomic E-state index is 0.697. The lowest BCUT2D eigenvalue weighted by atomic mass is 10.2. The molecule has 0 atom stereocenters. The van der Waals surface area contributed by atoms with Gasteiger partial charge in [-0.1, -0.05) is 24.3 Å². The van der Waals surface area contributed by atoms with Crippen LogP contribution in [0.3, 0.4) is 0 Å². The molecule has 0 aliphatic rings. The van der Waals surface area contributed by atoms with Gasteiger partial charge in [0, 0.05) is 9.86 Å². The highest BCUT2D eigenvalue weighted by atomic mass is 79.9. The van der Waals surface area contributed by atoms with E-state index in [9.17, 15) is 0 Å². The summed E-state index contributed by atoms with van der Waals surface area (Å²) in [4.78, 5) is 4.72. The summed E-state index contributed by atoms with van der Waals surface area (Å²) in [6.45, 7) is 1.92. The van der Waals surface area contributed by atoms with Crippen LogP contribution < -0.4 is 5.32 Å². The summed E-state index contributed by atoms with van der Waals surface area (Å²) >= 11 is 3.55. The minimum Gasteiger partial charge on any atom is -0.324 e. The van der Waals surface area contributed by atoms with Crippen LogP contribution in [0.1, 0.15) is 5.82 Å². The van der Waals surface area contributed by atoms with Gasteiger partial charge in [-0.25, -0.2) is 9.38 Å². The summed E-state index contributed by atoms with van der Waals surface area (Å²) < 4.78 is 2.91. The number of fused-ring (bicyclic) bond motifs is 3. The van der Waals surface area contributed by atoms with E-state index >= 15 is 0 Å². The molecule has 108 valence electrons. The summed E-state index contributed by atoms with van der Waals surface area (Å²) in [5.41, 5.74) is 2.63. The van der Waals surface area contributed by atoms with E-state index in [1.165, 1.54) is 0 Å². The molecule has 4 aromatic rings. The van der Waals surface area contributed by atoms with Gasteiger partial charge < -0.3 is 5.32 Å². The maximum absolute atomic E-state index is 4.72. The fourth-order valence-electron chi connectivity index (χ4n) is 2.48. The molecule has 2 aromatic heterocycles. The first-order valence-corrected chi connectivity index (χ1v) is 7.65. The molecule has 2 aromatic carbocycles. The largest absolute Gasteiger partial charge is 0.324 e. The SMILES string of the molecule is Cc1nnc2c3ccccc3nc(Nc3ccccc3Br)n12. The standard InChI is InChI=1S/C16H12BrN5/c1-10-20-21-15-11-6-2-4-8-13(11)18-16(22(10)15)19-14-9-5-3-7-12(14)17/h2-9H,1H3,(H,18,19). The lowest BCUT2D eigenvalue weighted by molar-refractivity contribution is 0.994. The van der Waals surface area contributed by atoms with Gasteiger partial charge in [-0.15, -0.1) is 10.2 Å². The smallest absolute Gasteiger partial charge is 0.215 e. The Morgan fingerprint density at radius 1 is 1.00 bits per heavy atom. The van der Waals surface area contributed by atoms with Crippen LogP contribution in [0.4, 0.5) is 11.6 Å². The Labute approximate surface area is 135 Å². The maximum atomic E-state index is 4.72. The number of rotatable bonds is 2. The monoisotopic (exact) mass is 353 g/mol. The second-order valence-corrected chi connectivity index (χ2v) is 5.82. The van der Waals surface area contributed by atoms with Gasteiger partial charge in [0.15, 0.2) is 5.65 Å². The minimum absolute atomic E-state index is 0.697. The number of anilines is 2. The van der Waals surface area contributed by atoms with Crippen LogP contribution in [0.5, 0.6) is 0 Å². The van der Waals surface area contributed by atoms with Crippen molar-refractivity contribution in [3.8, 4) is 0 Å². The van der Waals surface area contributed by atoms with Gasteiger partial charge >= 0.3 is 0 Å². The summed E-state index contributed by atoms with van der Waals surface area (Å²) in [7, 11) is 0. The number of hydrogen-bond acceptors (Lipinski definition) is 4. The average molecular weight is 354 g/mol. The molecule has 4 rings (SSSR count). The van der Waals surface area contributed by atoms with Crippen molar-refractivity contribution in [1.82, 2.24) is 19.6 Å². The molecule has 0 bridgehead atoms. The maximum Gasteiger partial charge on any atom is 0.215 e. The molecule has 0 aliphatic carbocycles. The van der Waals surface area contributed by atoms with E-state index in [4.69, 9.17) is 4.98 Å². The van der Waals surface area contributed by atoms with Gasteiger partial charge in [-0.2, -0.15) is 0 Å². The Morgan fingerprint density at radius 3 is 2.64 bits per heavy atom. The first-order chi connectivity index (χ1) is 10.7. The van der Waals surface area contributed by atoms with Gasteiger partial charge in [0.1, 0.15) is 5.82 Å². The second kappa shape index (κ2) is 5.06. The molecule has 0 unspecified atom stereocenters. The van der Waals surface area contributed by atoms with Crippen LogP contribution in [0.15, 0.2) is 53.0 Å².